The lowest BCUT2D eigenvalue weighted by atomic mass is 9.77. The second-order valence-corrected chi connectivity index (χ2v) is 9.37. The van der Waals surface area contributed by atoms with Crippen LogP contribution in [0.1, 0.15) is 0 Å². The Morgan fingerprint density at radius 3 is 2.53 bits per heavy atom. The number of benzene rings is 2. The summed E-state index contributed by atoms with van der Waals surface area (Å²) in [6.07, 6.45) is 2.84. The van der Waals surface area contributed by atoms with E-state index in [9.17, 15) is 18.8 Å². The SMILES string of the molecule is O=C(COc1cc(Cl)c(Cl)cc1Cl)NC[C@@]12C=C[C@@H](O1)[C@@H]1C(=O)N(c3ccc(F)cc3)C(=O)[C@@H]12. The van der Waals surface area contributed by atoms with Crippen molar-refractivity contribution >= 4 is 58.2 Å². The Morgan fingerprint density at radius 2 is 1.79 bits per heavy atom. The van der Waals surface area contributed by atoms with Crippen LogP contribution in [-0.2, 0) is 19.1 Å². The summed E-state index contributed by atoms with van der Waals surface area (Å²) in [6.45, 7) is -0.418. The third kappa shape index (κ3) is 3.75. The molecule has 5 rings (SSSR count). The molecule has 7 nitrogen and oxygen atoms in total. The van der Waals surface area contributed by atoms with E-state index in [1.165, 1.54) is 36.4 Å². The molecule has 11 heteroatoms. The fourth-order valence-corrected chi connectivity index (χ4v) is 5.19. The molecule has 0 aromatic heterocycles. The van der Waals surface area contributed by atoms with E-state index in [0.29, 0.717) is 0 Å². The molecule has 0 aliphatic carbocycles. The lowest BCUT2D eigenvalue weighted by Crippen LogP contribution is -2.49. The quantitative estimate of drug-likeness (QED) is 0.352. The number of rotatable bonds is 6. The van der Waals surface area contributed by atoms with E-state index >= 15 is 0 Å². The minimum absolute atomic E-state index is 0.0469. The predicted molar refractivity (Wildman–Crippen MR) is 123 cm³/mol. The van der Waals surface area contributed by atoms with Gasteiger partial charge in [-0.3, -0.25) is 14.4 Å². The molecule has 3 aliphatic heterocycles. The van der Waals surface area contributed by atoms with Crippen molar-refractivity contribution in [1.29, 1.82) is 0 Å². The highest BCUT2D eigenvalue weighted by Gasteiger charge is 2.67. The summed E-state index contributed by atoms with van der Waals surface area (Å²) in [6, 6.07) is 7.93. The van der Waals surface area contributed by atoms with E-state index in [2.05, 4.69) is 5.32 Å². The molecule has 34 heavy (non-hydrogen) atoms. The van der Waals surface area contributed by atoms with Gasteiger partial charge in [-0.25, -0.2) is 9.29 Å². The number of carbonyl (C=O) groups is 3. The van der Waals surface area contributed by atoms with E-state index < -0.39 is 47.1 Å². The largest absolute Gasteiger partial charge is 0.482 e. The molecule has 3 aliphatic rings. The number of fused-ring (bicyclic) bond motifs is 5. The predicted octanol–water partition coefficient (Wildman–Crippen LogP) is 3.79. The lowest BCUT2D eigenvalue weighted by Gasteiger charge is -2.29. The molecule has 1 N–H and O–H groups in total. The molecule has 0 saturated carbocycles. The summed E-state index contributed by atoms with van der Waals surface area (Å²) >= 11 is 17.9. The molecule has 0 spiro atoms. The first-order valence-electron chi connectivity index (χ1n) is 10.2. The number of halogens is 4. The topological polar surface area (TPSA) is 84.9 Å². The van der Waals surface area contributed by atoms with Crippen LogP contribution in [0.5, 0.6) is 5.75 Å². The Morgan fingerprint density at radius 1 is 1.09 bits per heavy atom. The summed E-state index contributed by atoms with van der Waals surface area (Å²) in [5.74, 6) is -3.18. The third-order valence-corrected chi connectivity index (χ3v) is 7.15. The van der Waals surface area contributed by atoms with Gasteiger partial charge in [-0.05, 0) is 30.3 Å². The van der Waals surface area contributed by atoms with Crippen LogP contribution in [0.25, 0.3) is 0 Å². The zero-order chi connectivity index (χ0) is 24.2. The van der Waals surface area contributed by atoms with Crippen LogP contribution in [0.15, 0.2) is 48.6 Å². The van der Waals surface area contributed by atoms with E-state index in [1.807, 2.05) is 0 Å². The summed E-state index contributed by atoms with van der Waals surface area (Å²) in [7, 11) is 0. The van der Waals surface area contributed by atoms with Crippen LogP contribution in [0.4, 0.5) is 10.1 Å². The van der Waals surface area contributed by atoms with Gasteiger partial charge in [-0.2, -0.15) is 0 Å². The average molecular weight is 526 g/mol. The monoisotopic (exact) mass is 524 g/mol. The third-order valence-electron chi connectivity index (χ3n) is 6.14. The first-order chi connectivity index (χ1) is 16.2. The van der Waals surface area contributed by atoms with Crippen molar-refractivity contribution in [2.75, 3.05) is 18.1 Å². The average Bonchev–Trinajstić information content (AvgIpc) is 3.45. The Bertz CT molecular complexity index is 1240. The van der Waals surface area contributed by atoms with Gasteiger partial charge in [-0.15, -0.1) is 0 Å². The van der Waals surface area contributed by atoms with Crippen molar-refractivity contribution in [2.24, 2.45) is 11.8 Å². The van der Waals surface area contributed by atoms with Crippen molar-refractivity contribution in [3.05, 3.63) is 69.4 Å². The van der Waals surface area contributed by atoms with Gasteiger partial charge in [0.1, 0.15) is 17.2 Å². The molecule has 176 valence electrons. The second kappa shape index (κ2) is 8.53. The Balaban J connectivity index is 1.27. The fraction of sp³-hybridized carbons (Fsp3) is 0.261. The van der Waals surface area contributed by atoms with Gasteiger partial charge in [0.25, 0.3) is 5.91 Å². The number of amides is 3. The normalized spacial score (nSPS) is 26.8. The van der Waals surface area contributed by atoms with Crippen molar-refractivity contribution in [2.45, 2.75) is 11.7 Å². The fourth-order valence-electron chi connectivity index (χ4n) is 4.60. The molecule has 4 atom stereocenters. The van der Waals surface area contributed by atoms with Gasteiger partial charge in [-0.1, -0.05) is 47.0 Å². The maximum absolute atomic E-state index is 13.3. The van der Waals surface area contributed by atoms with Gasteiger partial charge >= 0.3 is 0 Å². The first-order valence-corrected chi connectivity index (χ1v) is 11.4. The minimum atomic E-state index is -1.17. The maximum Gasteiger partial charge on any atom is 0.258 e. The number of ether oxygens (including phenoxy) is 2. The van der Waals surface area contributed by atoms with Crippen molar-refractivity contribution in [3.8, 4) is 5.75 Å². The molecule has 2 saturated heterocycles. The first kappa shape index (κ1) is 23.1. The van der Waals surface area contributed by atoms with Crippen LogP contribution in [0.3, 0.4) is 0 Å². The highest BCUT2D eigenvalue weighted by molar-refractivity contribution is 6.43. The molecule has 0 radical (unpaired) electrons. The van der Waals surface area contributed by atoms with Crippen LogP contribution in [-0.4, -0.2) is 42.6 Å². The van der Waals surface area contributed by atoms with Gasteiger partial charge in [0.15, 0.2) is 6.61 Å². The molecular weight excluding hydrogens is 510 g/mol. The number of nitrogens with one attached hydrogen (secondary N) is 1. The number of hydrogen-bond acceptors (Lipinski definition) is 5. The van der Waals surface area contributed by atoms with E-state index in [1.54, 1.807) is 12.2 Å². The zero-order valence-electron chi connectivity index (χ0n) is 17.3. The number of hydrogen-bond donors (Lipinski definition) is 1. The second-order valence-electron chi connectivity index (χ2n) is 8.15. The smallest absolute Gasteiger partial charge is 0.258 e. The number of nitrogens with zero attached hydrogens (tertiary/aromatic N) is 1. The molecular formula is C23H16Cl3FN2O5. The summed E-state index contributed by atoms with van der Waals surface area (Å²) < 4.78 is 24.7. The Hall–Kier alpha value is -2.65. The van der Waals surface area contributed by atoms with Crippen molar-refractivity contribution in [3.63, 3.8) is 0 Å². The van der Waals surface area contributed by atoms with Gasteiger partial charge in [0.05, 0.1) is 45.2 Å². The van der Waals surface area contributed by atoms with E-state index in [0.717, 1.165) is 4.90 Å². The summed E-state index contributed by atoms with van der Waals surface area (Å²) in [4.78, 5) is 39.8. The van der Waals surface area contributed by atoms with E-state index in [-0.39, 0.29) is 39.7 Å². The van der Waals surface area contributed by atoms with Crippen LogP contribution < -0.4 is 15.0 Å². The number of imide groups is 1. The van der Waals surface area contributed by atoms with Crippen LogP contribution in [0, 0.1) is 17.7 Å². The molecule has 3 amide bonds. The highest BCUT2D eigenvalue weighted by Crippen LogP contribution is 2.52. The summed E-state index contributed by atoms with van der Waals surface area (Å²) in [5, 5.41) is 3.37. The molecule has 0 unspecified atom stereocenters. The molecule has 2 aromatic carbocycles. The van der Waals surface area contributed by atoms with Crippen LogP contribution >= 0.6 is 34.8 Å². The Labute approximate surface area is 208 Å². The van der Waals surface area contributed by atoms with Gasteiger partial charge in [0.2, 0.25) is 11.8 Å². The molecule has 2 fully saturated rings. The number of anilines is 1. The van der Waals surface area contributed by atoms with Gasteiger partial charge in [0, 0.05) is 6.07 Å². The zero-order valence-corrected chi connectivity index (χ0v) is 19.5. The minimum Gasteiger partial charge on any atom is -0.482 e. The highest BCUT2D eigenvalue weighted by atomic mass is 35.5. The molecule has 2 aromatic rings. The van der Waals surface area contributed by atoms with E-state index in [4.69, 9.17) is 44.3 Å². The molecule has 2 bridgehead atoms. The van der Waals surface area contributed by atoms with Gasteiger partial charge < -0.3 is 14.8 Å². The van der Waals surface area contributed by atoms with Crippen molar-refractivity contribution < 1.29 is 28.2 Å². The standard InChI is InChI=1S/C23H16Cl3FN2O5/c24-13-7-15(26)17(8-14(13)25)33-9-18(30)28-10-23-6-5-16(34-23)19-20(23)22(32)29(21(19)31)12-3-1-11(27)2-4-12/h1-8,16,19-20H,9-10H2,(H,28,30)/t16-,19+,20-,23-/m1/s1. The lowest BCUT2D eigenvalue weighted by molar-refractivity contribution is -0.129. The maximum atomic E-state index is 13.3. The van der Waals surface area contributed by atoms with Crippen molar-refractivity contribution in [1.82, 2.24) is 5.32 Å². The molecule has 3 heterocycles. The summed E-state index contributed by atoms with van der Waals surface area (Å²) in [5.41, 5.74) is -0.885. The number of carbonyl (C=O) groups excluding carboxylic acids is 3. The van der Waals surface area contributed by atoms with Crippen LogP contribution in [0.2, 0.25) is 15.1 Å². The Kier molecular flexibility index (Phi) is 5.80.